The molecule has 126 valence electrons. The highest BCUT2D eigenvalue weighted by atomic mass is 35.5. The molecule has 0 radical (unpaired) electrons. The molecule has 1 unspecified atom stereocenters. The second kappa shape index (κ2) is 5.94. The summed E-state index contributed by atoms with van der Waals surface area (Å²) >= 11 is 6.22. The summed E-state index contributed by atoms with van der Waals surface area (Å²) in [5.74, 6) is 0.533. The molecule has 0 bridgehead atoms. The van der Waals surface area contributed by atoms with Crippen molar-refractivity contribution in [3.8, 4) is 11.5 Å². The summed E-state index contributed by atoms with van der Waals surface area (Å²) in [6.07, 6.45) is 2.15. The van der Waals surface area contributed by atoms with Gasteiger partial charge in [0.15, 0.2) is 11.5 Å². The van der Waals surface area contributed by atoms with Gasteiger partial charge in [-0.25, -0.2) is 4.39 Å². The fourth-order valence-electron chi connectivity index (χ4n) is 3.57. The van der Waals surface area contributed by atoms with Crippen molar-refractivity contribution in [1.82, 2.24) is 5.32 Å². The zero-order valence-electron chi connectivity index (χ0n) is 13.4. The molecule has 2 heterocycles. The van der Waals surface area contributed by atoms with Crippen LogP contribution in [0.4, 0.5) is 4.39 Å². The molecule has 1 N–H and O–H groups in total. The van der Waals surface area contributed by atoms with Crippen LogP contribution >= 0.6 is 11.6 Å². The van der Waals surface area contributed by atoms with Gasteiger partial charge < -0.3 is 14.8 Å². The molecule has 2 aliphatic heterocycles. The Morgan fingerprint density at radius 2 is 1.96 bits per heavy atom. The van der Waals surface area contributed by atoms with Gasteiger partial charge in [0, 0.05) is 12.5 Å². The average Bonchev–Trinajstić information content (AvgIpc) is 2.92. The largest absolute Gasteiger partial charge is 0.444 e. The van der Waals surface area contributed by atoms with Gasteiger partial charge in [0.2, 0.25) is 0 Å². The molecule has 5 heteroatoms. The van der Waals surface area contributed by atoms with Gasteiger partial charge in [0.05, 0.1) is 10.6 Å². The highest BCUT2D eigenvalue weighted by Gasteiger charge is 2.42. The summed E-state index contributed by atoms with van der Waals surface area (Å²) in [7, 11) is 0. The van der Waals surface area contributed by atoms with Crippen molar-refractivity contribution < 1.29 is 13.9 Å². The normalized spacial score (nSPS) is 23.5. The van der Waals surface area contributed by atoms with Crippen LogP contribution < -0.4 is 14.8 Å². The van der Waals surface area contributed by atoms with E-state index in [1.165, 1.54) is 17.7 Å². The Hall–Kier alpha value is -1.78. The maximum Gasteiger partial charge on any atom is 0.276 e. The maximum absolute atomic E-state index is 13.4. The zero-order valence-corrected chi connectivity index (χ0v) is 14.2. The Labute approximate surface area is 145 Å². The van der Waals surface area contributed by atoms with Crippen LogP contribution in [0, 0.1) is 5.82 Å². The van der Waals surface area contributed by atoms with Crippen molar-refractivity contribution in [3.05, 3.63) is 58.4 Å². The molecule has 0 amide bonds. The predicted octanol–water partition coefficient (Wildman–Crippen LogP) is 4.59. The lowest BCUT2D eigenvalue weighted by Gasteiger charge is -2.26. The monoisotopic (exact) mass is 347 g/mol. The van der Waals surface area contributed by atoms with E-state index in [1.54, 1.807) is 6.07 Å². The molecule has 0 spiro atoms. The fourth-order valence-corrected chi connectivity index (χ4v) is 3.91. The predicted molar refractivity (Wildman–Crippen MR) is 91.3 cm³/mol. The number of benzene rings is 2. The number of fused-ring (bicyclic) bond motifs is 1. The number of hydrogen-bond donors (Lipinski definition) is 1. The van der Waals surface area contributed by atoms with E-state index in [2.05, 4.69) is 11.4 Å². The SMILES string of the molecule is CC1(c2ccc(F)cc2Cl)Oc2cccc(C3CCNCC3)c2O1. The lowest BCUT2D eigenvalue weighted by atomic mass is 9.89. The molecule has 24 heavy (non-hydrogen) atoms. The van der Waals surface area contributed by atoms with Gasteiger partial charge in [-0.2, -0.15) is 0 Å². The number of hydrogen-bond acceptors (Lipinski definition) is 3. The van der Waals surface area contributed by atoms with Crippen molar-refractivity contribution >= 4 is 11.6 Å². The summed E-state index contributed by atoms with van der Waals surface area (Å²) in [5, 5.41) is 3.68. The van der Waals surface area contributed by atoms with Crippen molar-refractivity contribution in [2.75, 3.05) is 13.1 Å². The number of nitrogens with one attached hydrogen (secondary N) is 1. The van der Waals surface area contributed by atoms with E-state index >= 15 is 0 Å². The summed E-state index contributed by atoms with van der Waals surface area (Å²) in [6, 6.07) is 10.3. The van der Waals surface area contributed by atoms with Crippen molar-refractivity contribution in [2.24, 2.45) is 0 Å². The standard InChI is InChI=1S/C19H19ClFNO2/c1-19(15-6-5-13(21)11-16(15)20)23-17-4-2-3-14(18(17)24-19)12-7-9-22-10-8-12/h2-6,11-12,22H,7-10H2,1H3. The second-order valence-electron chi connectivity index (χ2n) is 6.47. The topological polar surface area (TPSA) is 30.5 Å². The Balaban J connectivity index is 1.70. The van der Waals surface area contributed by atoms with Gasteiger partial charge in [0.25, 0.3) is 5.79 Å². The Bertz CT molecular complexity index is 776. The Morgan fingerprint density at radius 3 is 2.71 bits per heavy atom. The first-order chi connectivity index (χ1) is 11.6. The molecule has 3 nitrogen and oxygen atoms in total. The number of rotatable bonds is 2. The quantitative estimate of drug-likeness (QED) is 0.861. The maximum atomic E-state index is 13.4. The highest BCUT2D eigenvalue weighted by molar-refractivity contribution is 6.31. The van der Waals surface area contributed by atoms with E-state index in [-0.39, 0.29) is 5.82 Å². The van der Waals surface area contributed by atoms with Crippen LogP contribution in [0.1, 0.15) is 36.8 Å². The molecule has 2 aromatic rings. The molecule has 1 fully saturated rings. The molecule has 4 rings (SSSR count). The molecular weight excluding hydrogens is 329 g/mol. The number of halogens is 2. The van der Waals surface area contributed by atoms with Crippen LogP contribution in [0.5, 0.6) is 11.5 Å². The van der Waals surface area contributed by atoms with Crippen molar-refractivity contribution in [2.45, 2.75) is 31.5 Å². The average molecular weight is 348 g/mol. The lowest BCUT2D eigenvalue weighted by Crippen LogP contribution is -2.32. The molecule has 1 saturated heterocycles. The van der Waals surface area contributed by atoms with Gasteiger partial charge in [-0.05, 0) is 56.1 Å². The van der Waals surface area contributed by atoms with E-state index in [0.29, 0.717) is 22.3 Å². The molecule has 0 aliphatic carbocycles. The third kappa shape index (κ3) is 2.64. The summed E-state index contributed by atoms with van der Waals surface area (Å²) in [6.45, 7) is 3.84. The van der Waals surface area contributed by atoms with Crippen LogP contribution in [-0.4, -0.2) is 13.1 Å². The third-order valence-corrected chi connectivity index (χ3v) is 5.12. The van der Waals surface area contributed by atoms with Gasteiger partial charge in [-0.15, -0.1) is 0 Å². The third-order valence-electron chi connectivity index (χ3n) is 4.81. The first-order valence-corrected chi connectivity index (χ1v) is 8.62. The number of piperidine rings is 1. The molecule has 2 aromatic carbocycles. The minimum absolute atomic E-state index is 0.300. The van der Waals surface area contributed by atoms with E-state index in [9.17, 15) is 4.39 Å². The molecule has 2 aliphatic rings. The van der Waals surface area contributed by atoms with Crippen molar-refractivity contribution in [3.63, 3.8) is 0 Å². The second-order valence-corrected chi connectivity index (χ2v) is 6.88. The first-order valence-electron chi connectivity index (χ1n) is 8.24. The van der Waals surface area contributed by atoms with Gasteiger partial charge in [-0.1, -0.05) is 23.7 Å². The number of ether oxygens (including phenoxy) is 2. The van der Waals surface area contributed by atoms with Gasteiger partial charge in [-0.3, -0.25) is 0 Å². The lowest BCUT2D eigenvalue weighted by molar-refractivity contribution is -0.0684. The van der Waals surface area contributed by atoms with Crippen LogP contribution in [0.15, 0.2) is 36.4 Å². The molecule has 1 atom stereocenters. The Kier molecular flexibility index (Phi) is 3.89. The van der Waals surface area contributed by atoms with Crippen LogP contribution in [-0.2, 0) is 5.79 Å². The Morgan fingerprint density at radius 1 is 1.17 bits per heavy atom. The van der Waals surface area contributed by atoms with Crippen molar-refractivity contribution in [1.29, 1.82) is 0 Å². The van der Waals surface area contributed by atoms with E-state index in [4.69, 9.17) is 21.1 Å². The van der Waals surface area contributed by atoms with E-state index in [0.717, 1.165) is 31.7 Å². The first kappa shape index (κ1) is 15.7. The van der Waals surface area contributed by atoms with Crippen LogP contribution in [0.3, 0.4) is 0 Å². The fraction of sp³-hybridized carbons (Fsp3) is 0.368. The molecule has 0 aromatic heterocycles. The van der Waals surface area contributed by atoms with Gasteiger partial charge in [0.1, 0.15) is 5.82 Å². The number of para-hydroxylation sites is 1. The molecule has 0 saturated carbocycles. The van der Waals surface area contributed by atoms with Crippen LogP contribution in [0.2, 0.25) is 5.02 Å². The zero-order chi connectivity index (χ0) is 16.7. The summed E-state index contributed by atoms with van der Waals surface area (Å²) in [5.41, 5.74) is 1.80. The minimum atomic E-state index is -1.05. The molecular formula is C19H19ClFNO2. The summed E-state index contributed by atoms with van der Waals surface area (Å²) in [4.78, 5) is 0. The van der Waals surface area contributed by atoms with Gasteiger partial charge >= 0.3 is 0 Å². The van der Waals surface area contributed by atoms with Crippen LogP contribution in [0.25, 0.3) is 0 Å². The van der Waals surface area contributed by atoms with E-state index in [1.807, 2.05) is 19.1 Å². The minimum Gasteiger partial charge on any atom is -0.444 e. The van der Waals surface area contributed by atoms with E-state index < -0.39 is 5.79 Å². The summed E-state index contributed by atoms with van der Waals surface area (Å²) < 4.78 is 25.7. The smallest absolute Gasteiger partial charge is 0.276 e. The highest BCUT2D eigenvalue weighted by Crippen LogP contribution is 2.50.